The average molecular weight is 503 g/mol. The van der Waals surface area contributed by atoms with Crippen LogP contribution < -0.4 is 16.2 Å². The maximum atomic E-state index is 12.1. The van der Waals surface area contributed by atoms with Gasteiger partial charge in [0.2, 0.25) is 0 Å². The Morgan fingerprint density at radius 2 is 1.81 bits per heavy atom. The number of carbonyl (C=O) groups is 1. The zero-order valence-corrected chi connectivity index (χ0v) is 21.0. The number of hydrogen-bond acceptors (Lipinski definition) is 7. The van der Waals surface area contributed by atoms with E-state index in [2.05, 4.69) is 20.9 Å². The Morgan fingerprint density at radius 3 is 2.41 bits per heavy atom. The van der Waals surface area contributed by atoms with Crippen molar-refractivity contribution in [1.29, 1.82) is 0 Å². The number of aliphatic hydroxyl groups excluding tert-OH is 1. The van der Waals surface area contributed by atoms with Crippen LogP contribution in [0, 0.1) is 6.92 Å². The molecule has 1 amide bonds. The molecular weight excluding hydrogens is 472 g/mol. The number of amides is 1. The van der Waals surface area contributed by atoms with E-state index >= 15 is 0 Å². The minimum absolute atomic E-state index is 0.0659. The third-order valence-corrected chi connectivity index (χ3v) is 7.61. The highest BCUT2D eigenvalue weighted by Gasteiger charge is 2.26. The van der Waals surface area contributed by atoms with Crippen LogP contribution in [-0.2, 0) is 4.79 Å². The van der Waals surface area contributed by atoms with Crippen LogP contribution in [0.2, 0.25) is 0 Å². The zero-order chi connectivity index (χ0) is 26.1. The first-order valence-electron chi connectivity index (χ1n) is 12.7. The van der Waals surface area contributed by atoms with Gasteiger partial charge in [-0.05, 0) is 62.6 Å². The summed E-state index contributed by atoms with van der Waals surface area (Å²) in [5.41, 5.74) is 2.78. The predicted octanol–water partition coefficient (Wildman–Crippen LogP) is 2.48. The Hall–Kier alpha value is -4.04. The molecule has 0 aromatic carbocycles. The van der Waals surface area contributed by atoms with E-state index in [-0.39, 0.29) is 23.3 Å². The molecule has 0 spiro atoms. The Morgan fingerprint density at radius 1 is 1.08 bits per heavy atom. The third-order valence-electron chi connectivity index (χ3n) is 7.61. The van der Waals surface area contributed by atoms with Gasteiger partial charge >= 0.3 is 6.09 Å². The fourth-order valence-electron chi connectivity index (χ4n) is 5.68. The number of rotatable bonds is 3. The van der Waals surface area contributed by atoms with Gasteiger partial charge in [0.25, 0.3) is 5.62 Å². The van der Waals surface area contributed by atoms with E-state index in [1.165, 1.54) is 4.90 Å². The number of carbonyl (C=O) groups excluding carboxylic acids is 1. The van der Waals surface area contributed by atoms with Gasteiger partial charge in [0, 0.05) is 37.1 Å². The van der Waals surface area contributed by atoms with Crippen molar-refractivity contribution < 1.29 is 19.8 Å². The fraction of sp³-hybridized carbons (Fsp3) is 0.444. The highest BCUT2D eigenvalue weighted by atomic mass is 16.4. The molecular formula is C27H30N6O4. The topological polar surface area (TPSA) is 134 Å². The summed E-state index contributed by atoms with van der Waals surface area (Å²) in [6, 6.07) is 3.88. The minimum atomic E-state index is -0.871. The largest absolute Gasteiger partial charge is 0.512 e. The van der Waals surface area contributed by atoms with Gasteiger partial charge in [-0.3, -0.25) is 0 Å². The van der Waals surface area contributed by atoms with Crippen molar-refractivity contribution in [3.63, 3.8) is 0 Å². The first kappa shape index (κ1) is 24.6. The SMILES string of the molecule is CC(O)=c1c(C)c2cnc(=Nc3ccc(C4CCN(C(=O)O)CC4)cn3)nc-2n(C2CCCC2)c1=C=O. The molecule has 3 aliphatic heterocycles. The molecule has 0 atom stereocenters. The maximum Gasteiger partial charge on any atom is 0.407 e. The monoisotopic (exact) mass is 502 g/mol. The van der Waals surface area contributed by atoms with Crippen molar-refractivity contribution in [2.24, 2.45) is 4.99 Å². The van der Waals surface area contributed by atoms with Crippen LogP contribution in [0.25, 0.3) is 17.1 Å². The van der Waals surface area contributed by atoms with Crippen molar-refractivity contribution in [1.82, 2.24) is 24.4 Å². The van der Waals surface area contributed by atoms with Crippen LogP contribution in [-0.4, -0.2) is 59.8 Å². The fourth-order valence-corrected chi connectivity index (χ4v) is 5.68. The number of hydrogen-bond donors (Lipinski definition) is 2. The van der Waals surface area contributed by atoms with E-state index in [4.69, 9.17) is 10.1 Å². The lowest BCUT2D eigenvalue weighted by molar-refractivity contribution is 0.132. The Labute approximate surface area is 213 Å². The lowest BCUT2D eigenvalue weighted by Gasteiger charge is -2.29. The molecule has 1 aliphatic carbocycles. The second-order valence-corrected chi connectivity index (χ2v) is 9.86. The molecule has 2 N–H and O–H groups in total. The van der Waals surface area contributed by atoms with Crippen molar-refractivity contribution in [2.75, 3.05) is 13.1 Å². The molecule has 1 aromatic rings. The number of likely N-dealkylation sites (tertiary alicyclic amines) is 1. The Balaban J connectivity index is 1.54. The minimum Gasteiger partial charge on any atom is -0.512 e. The van der Waals surface area contributed by atoms with Crippen LogP contribution in [0.3, 0.4) is 0 Å². The van der Waals surface area contributed by atoms with Crippen molar-refractivity contribution >= 4 is 23.6 Å². The van der Waals surface area contributed by atoms with E-state index < -0.39 is 6.09 Å². The van der Waals surface area contributed by atoms with Gasteiger partial charge in [-0.1, -0.05) is 18.9 Å². The van der Waals surface area contributed by atoms with Crippen LogP contribution in [0.5, 0.6) is 0 Å². The third kappa shape index (κ3) is 4.72. The number of carboxylic acid groups (broad SMARTS) is 1. The lowest BCUT2D eigenvalue weighted by atomic mass is 9.91. The number of piperidine rings is 1. The number of nitrogens with zero attached hydrogens (tertiary/aromatic N) is 6. The smallest absolute Gasteiger partial charge is 0.407 e. The Bertz CT molecular complexity index is 1510. The van der Waals surface area contributed by atoms with Gasteiger partial charge in [-0.2, -0.15) is 9.98 Å². The van der Waals surface area contributed by atoms with Crippen LogP contribution in [0.4, 0.5) is 10.6 Å². The molecule has 0 bridgehead atoms. The van der Waals surface area contributed by atoms with Crippen molar-refractivity contribution in [3.8, 4) is 11.4 Å². The van der Waals surface area contributed by atoms with Gasteiger partial charge < -0.3 is 19.7 Å². The van der Waals surface area contributed by atoms with Gasteiger partial charge in [-0.15, -0.1) is 0 Å². The second kappa shape index (κ2) is 10.1. The average Bonchev–Trinajstić information content (AvgIpc) is 3.43. The summed E-state index contributed by atoms with van der Waals surface area (Å²) >= 11 is 0. The van der Waals surface area contributed by atoms with Gasteiger partial charge in [0.05, 0.1) is 11.0 Å². The first-order chi connectivity index (χ1) is 17.9. The Kier molecular flexibility index (Phi) is 6.76. The molecule has 1 aromatic heterocycles. The number of pyridine rings is 2. The van der Waals surface area contributed by atoms with Gasteiger partial charge in [-0.25, -0.2) is 19.6 Å². The van der Waals surface area contributed by atoms with Gasteiger partial charge in [0.1, 0.15) is 11.2 Å². The molecule has 10 nitrogen and oxygen atoms in total. The van der Waals surface area contributed by atoms with Gasteiger partial charge in [0.15, 0.2) is 11.8 Å². The molecule has 0 unspecified atom stereocenters. The summed E-state index contributed by atoms with van der Waals surface area (Å²) in [7, 11) is 0. The van der Waals surface area contributed by atoms with E-state index in [1.54, 1.807) is 19.3 Å². The number of aliphatic hydroxyl groups is 1. The standard InChI is InChI=1S/C27H30N6O4/c1-16-21-14-29-26(30-23-8-7-19(13-28-23)18-9-11-32(12-10-18)27(36)37)31-25(21)33(20-5-3-4-6-20)22(15-34)24(16)17(2)35/h7-8,13-14,18,20,35H,3-6,9-12H2,1-2H3,(H,36,37). The lowest BCUT2D eigenvalue weighted by Crippen LogP contribution is -2.44. The molecule has 1 saturated heterocycles. The van der Waals surface area contributed by atoms with E-state index in [0.717, 1.165) is 55.2 Å². The molecule has 1 saturated carbocycles. The zero-order valence-electron chi connectivity index (χ0n) is 21.0. The number of aromatic nitrogens is 4. The summed E-state index contributed by atoms with van der Waals surface area (Å²) in [6.07, 6.45) is 8.11. The molecule has 5 rings (SSSR count). The van der Waals surface area contributed by atoms with Crippen molar-refractivity contribution in [3.05, 3.63) is 51.8 Å². The molecule has 37 heavy (non-hydrogen) atoms. The quantitative estimate of drug-likeness (QED) is 0.562. The molecule has 10 heteroatoms. The predicted molar refractivity (Wildman–Crippen MR) is 136 cm³/mol. The summed E-state index contributed by atoms with van der Waals surface area (Å²) in [4.78, 5) is 42.9. The first-order valence-corrected chi connectivity index (χ1v) is 12.7. The summed E-state index contributed by atoms with van der Waals surface area (Å²) in [5, 5.41) is 20.3. The summed E-state index contributed by atoms with van der Waals surface area (Å²) < 4.78 is 1.90. The molecule has 192 valence electrons. The van der Waals surface area contributed by atoms with Crippen LogP contribution >= 0.6 is 0 Å². The highest BCUT2D eigenvalue weighted by Crippen LogP contribution is 2.32. The normalized spacial score (nSPS) is 18.3. The molecule has 4 heterocycles. The molecule has 2 fully saturated rings. The maximum absolute atomic E-state index is 12.1. The van der Waals surface area contributed by atoms with Crippen molar-refractivity contribution in [2.45, 2.75) is 64.3 Å². The van der Waals surface area contributed by atoms with Crippen LogP contribution in [0.15, 0.2) is 29.5 Å². The summed E-state index contributed by atoms with van der Waals surface area (Å²) in [5.74, 6) is 3.46. The van der Waals surface area contributed by atoms with Crippen LogP contribution in [0.1, 0.15) is 68.5 Å². The van der Waals surface area contributed by atoms with E-state index in [1.807, 2.05) is 23.6 Å². The van der Waals surface area contributed by atoms with E-state index in [9.17, 15) is 14.7 Å². The number of fused-ring (bicyclic) bond motifs is 1. The summed E-state index contributed by atoms with van der Waals surface area (Å²) in [6.45, 7) is 4.46. The molecule has 0 radical (unpaired) electrons. The highest BCUT2D eigenvalue weighted by molar-refractivity contribution is 5.65. The van der Waals surface area contributed by atoms with E-state index in [0.29, 0.717) is 35.3 Å². The second-order valence-electron chi connectivity index (χ2n) is 9.86. The molecule has 4 aliphatic rings.